The van der Waals surface area contributed by atoms with Gasteiger partial charge in [0.2, 0.25) is 0 Å². The van der Waals surface area contributed by atoms with Gasteiger partial charge in [0.05, 0.1) is 13.6 Å². The van der Waals surface area contributed by atoms with Crippen LogP contribution in [0.1, 0.15) is 67.6 Å². The molecule has 0 saturated heterocycles. The van der Waals surface area contributed by atoms with Crippen LogP contribution in [0.15, 0.2) is 12.2 Å². The maximum absolute atomic E-state index is 11.9. The van der Waals surface area contributed by atoms with Crippen molar-refractivity contribution in [3.8, 4) is 0 Å². The van der Waals surface area contributed by atoms with Gasteiger partial charge in [0.25, 0.3) is 0 Å². The van der Waals surface area contributed by atoms with Crippen LogP contribution in [0.4, 0.5) is 0 Å². The van der Waals surface area contributed by atoms with E-state index in [9.17, 15) is 15.0 Å². The monoisotopic (exact) mass is 363 g/mol. The minimum Gasteiger partial charge on any atom is -0.462 e. The lowest BCUT2D eigenvalue weighted by Gasteiger charge is -2.66. The molecule has 0 aromatic carbocycles. The Balaban J connectivity index is 1.86. The molecular weight excluding hydrogens is 328 g/mol. The number of carbonyl (C=O) groups excluding carboxylic acids is 1. The highest BCUT2D eigenvalue weighted by Gasteiger charge is 2.70. The Morgan fingerprint density at radius 3 is 2.58 bits per heavy atom. The van der Waals surface area contributed by atoms with Crippen molar-refractivity contribution in [2.75, 3.05) is 0 Å². The maximum Gasteiger partial charge on any atom is 0.302 e. The van der Waals surface area contributed by atoms with E-state index >= 15 is 0 Å². The van der Waals surface area contributed by atoms with Crippen molar-refractivity contribution in [3.05, 3.63) is 12.2 Å². The van der Waals surface area contributed by atoms with Crippen LogP contribution >= 0.6 is 0 Å². The lowest BCUT2D eigenvalue weighted by Crippen LogP contribution is -2.66. The van der Waals surface area contributed by atoms with E-state index in [1.165, 1.54) is 6.92 Å². The second-order valence-corrected chi connectivity index (χ2v) is 10.3. The van der Waals surface area contributed by atoms with Gasteiger partial charge in [-0.3, -0.25) is 4.79 Å². The lowest BCUT2D eigenvalue weighted by molar-refractivity contribution is -0.241. The Morgan fingerprint density at radius 1 is 1.23 bits per heavy atom. The third kappa shape index (κ3) is 2.18. The minimum absolute atomic E-state index is 0.0688. The fraction of sp³-hybridized carbons (Fsp3) is 0.864. The molecular formula is C22H34O4. The van der Waals surface area contributed by atoms with E-state index in [1.807, 2.05) is 0 Å². The number of aliphatic hydroxyl groups excluding tert-OH is 1. The van der Waals surface area contributed by atoms with Crippen molar-refractivity contribution in [2.24, 2.45) is 34.0 Å². The number of esters is 1. The lowest BCUT2D eigenvalue weighted by atomic mass is 9.40. The third-order valence-corrected chi connectivity index (χ3v) is 8.76. The number of fused-ring (bicyclic) bond motifs is 3. The fourth-order valence-electron chi connectivity index (χ4n) is 7.75. The highest BCUT2D eigenvalue weighted by atomic mass is 16.5. The second-order valence-electron chi connectivity index (χ2n) is 10.3. The Bertz CT molecular complexity index is 686. The van der Waals surface area contributed by atoms with E-state index < -0.39 is 18.1 Å². The SMILES string of the molecule is [2H][C@@]1(O)C[C@@H]2[C@]3(CC[C@@H]4C(C)(C)CC[C@H](OC(C)=O)[C@]42C)CC(=C)[C@H]1[C@H]3O. The number of ether oxygens (including phenoxy) is 1. The first-order chi connectivity index (χ1) is 12.4. The average Bonchev–Trinajstić information content (AvgIpc) is 2.71. The van der Waals surface area contributed by atoms with Crippen LogP contribution in [0.25, 0.3) is 0 Å². The van der Waals surface area contributed by atoms with E-state index in [1.54, 1.807) is 0 Å². The molecule has 26 heavy (non-hydrogen) atoms. The smallest absolute Gasteiger partial charge is 0.302 e. The van der Waals surface area contributed by atoms with Crippen LogP contribution in [-0.2, 0) is 9.53 Å². The van der Waals surface area contributed by atoms with Crippen LogP contribution in [0.2, 0.25) is 0 Å². The zero-order chi connectivity index (χ0) is 20.0. The first-order valence-corrected chi connectivity index (χ1v) is 10.1. The largest absolute Gasteiger partial charge is 0.462 e. The summed E-state index contributed by atoms with van der Waals surface area (Å²) in [5.74, 6) is -0.587. The summed E-state index contributed by atoms with van der Waals surface area (Å²) in [4.78, 5) is 11.9. The highest BCUT2D eigenvalue weighted by Crippen LogP contribution is 2.72. The van der Waals surface area contributed by atoms with Crippen LogP contribution < -0.4 is 0 Å². The Kier molecular flexibility index (Phi) is 3.70. The summed E-state index contributed by atoms with van der Waals surface area (Å²) in [6.45, 7) is 12.4. The van der Waals surface area contributed by atoms with E-state index in [0.717, 1.165) is 31.3 Å². The van der Waals surface area contributed by atoms with Gasteiger partial charge in [-0.25, -0.2) is 0 Å². The normalized spacial score (nSPS) is 55.5. The molecule has 0 radical (unpaired) electrons. The number of hydrogen-bond acceptors (Lipinski definition) is 4. The minimum atomic E-state index is -1.71. The highest BCUT2D eigenvalue weighted by molar-refractivity contribution is 5.66. The van der Waals surface area contributed by atoms with Crippen LogP contribution in [0.5, 0.6) is 0 Å². The molecule has 0 amide bonds. The molecule has 4 aliphatic rings. The van der Waals surface area contributed by atoms with E-state index in [4.69, 9.17) is 6.11 Å². The second kappa shape index (κ2) is 5.57. The molecule has 4 saturated carbocycles. The van der Waals surface area contributed by atoms with E-state index in [2.05, 4.69) is 27.4 Å². The van der Waals surface area contributed by atoms with E-state index in [-0.39, 0.29) is 34.2 Å². The maximum atomic E-state index is 11.9. The first-order valence-electron chi connectivity index (χ1n) is 10.6. The van der Waals surface area contributed by atoms with Gasteiger partial charge in [0.1, 0.15) is 6.10 Å². The molecule has 1 spiro atoms. The molecule has 2 N–H and O–H groups in total. The Morgan fingerprint density at radius 2 is 1.92 bits per heavy atom. The molecule has 4 nitrogen and oxygen atoms in total. The average molecular weight is 364 g/mol. The molecule has 146 valence electrons. The Hall–Kier alpha value is -0.870. The van der Waals surface area contributed by atoms with Gasteiger partial charge >= 0.3 is 5.97 Å². The summed E-state index contributed by atoms with van der Waals surface area (Å²) >= 11 is 0. The van der Waals surface area contributed by atoms with Crippen LogP contribution in [0.3, 0.4) is 0 Å². The number of hydrogen-bond donors (Lipinski definition) is 2. The predicted molar refractivity (Wildman–Crippen MR) is 99.2 cm³/mol. The van der Waals surface area contributed by atoms with Crippen molar-refractivity contribution in [3.63, 3.8) is 0 Å². The topological polar surface area (TPSA) is 66.8 Å². The number of rotatable bonds is 1. The molecule has 0 aliphatic heterocycles. The van der Waals surface area contributed by atoms with E-state index in [0.29, 0.717) is 18.8 Å². The molecule has 0 unspecified atom stereocenters. The standard InChI is InChI=1S/C22H34O4/c1-12-11-22-9-6-15-20(3,4)8-7-17(26-13(2)23)21(15,5)16(22)10-14(24)18(12)19(22)25/h14-19,24-25H,1,6-11H2,2-5H3/t14-,15-,16+,17+,18-,19-,21-,22+/m1/s1/i14D. The predicted octanol–water partition coefficient (Wildman–Crippen LogP) is 3.46. The van der Waals surface area contributed by atoms with Crippen LogP contribution in [-0.4, -0.2) is 34.5 Å². The van der Waals surface area contributed by atoms with Gasteiger partial charge in [-0.05, 0) is 55.8 Å². The zero-order valence-electron chi connectivity index (χ0n) is 17.5. The summed E-state index contributed by atoms with van der Waals surface area (Å²) in [5.41, 5.74) is 0.192. The molecule has 0 aromatic heterocycles. The molecule has 0 heterocycles. The number of aliphatic hydroxyl groups is 2. The molecule has 4 aliphatic carbocycles. The summed E-state index contributed by atoms with van der Waals surface area (Å²) in [6, 6.07) is 0. The molecule has 8 atom stereocenters. The van der Waals surface area contributed by atoms with Gasteiger partial charge in [0.15, 0.2) is 0 Å². The number of carbonyl (C=O) groups is 1. The van der Waals surface area contributed by atoms with Gasteiger partial charge in [-0.15, -0.1) is 0 Å². The molecule has 0 aromatic rings. The van der Waals surface area contributed by atoms with Gasteiger partial charge in [-0.1, -0.05) is 32.9 Å². The molecule has 4 heteroatoms. The molecule has 4 rings (SSSR count). The van der Waals surface area contributed by atoms with Crippen molar-refractivity contribution in [1.29, 1.82) is 0 Å². The summed E-state index contributed by atoms with van der Waals surface area (Å²) in [5, 5.41) is 22.2. The third-order valence-electron chi connectivity index (χ3n) is 8.76. The Labute approximate surface area is 158 Å². The van der Waals surface area contributed by atoms with Gasteiger partial charge in [0, 0.05) is 23.7 Å². The van der Waals surface area contributed by atoms with Crippen molar-refractivity contribution in [1.82, 2.24) is 0 Å². The summed E-state index contributed by atoms with van der Waals surface area (Å²) in [6.07, 6.45) is 1.95. The van der Waals surface area contributed by atoms with Crippen LogP contribution in [0, 0.1) is 34.0 Å². The van der Waals surface area contributed by atoms with Gasteiger partial charge in [-0.2, -0.15) is 0 Å². The van der Waals surface area contributed by atoms with Crippen molar-refractivity contribution in [2.45, 2.75) is 84.5 Å². The fourth-order valence-corrected chi connectivity index (χ4v) is 7.75. The quantitative estimate of drug-likeness (QED) is 0.553. The molecule has 2 bridgehead atoms. The van der Waals surface area contributed by atoms with Gasteiger partial charge < -0.3 is 14.9 Å². The summed E-state index contributed by atoms with van der Waals surface area (Å²) in [7, 11) is 0. The molecule has 4 fully saturated rings. The van der Waals surface area contributed by atoms with Crippen molar-refractivity contribution >= 4 is 5.97 Å². The summed E-state index contributed by atoms with van der Waals surface area (Å²) < 4.78 is 14.5. The van der Waals surface area contributed by atoms with Crippen molar-refractivity contribution < 1.29 is 21.1 Å². The zero-order valence-corrected chi connectivity index (χ0v) is 16.5. The first kappa shape index (κ1) is 17.2.